The summed E-state index contributed by atoms with van der Waals surface area (Å²) in [5.41, 5.74) is 8.79. The van der Waals surface area contributed by atoms with E-state index < -0.39 is 0 Å². The molecular weight excluding hydrogens is 381 g/mol. The molecule has 0 radical (unpaired) electrons. The normalized spacial score (nSPS) is 22.4. The van der Waals surface area contributed by atoms with Crippen molar-refractivity contribution in [1.29, 1.82) is 0 Å². The summed E-state index contributed by atoms with van der Waals surface area (Å²) in [6.07, 6.45) is 6.87. The van der Waals surface area contributed by atoms with Crippen LogP contribution in [-0.4, -0.2) is 0 Å². The Kier molecular flexibility index (Phi) is 7.38. The van der Waals surface area contributed by atoms with Gasteiger partial charge in [0, 0.05) is 0 Å². The first-order valence-corrected chi connectivity index (χ1v) is 7.50. The molecule has 0 heterocycles. The van der Waals surface area contributed by atoms with Crippen LogP contribution in [0.3, 0.4) is 0 Å². The number of allylic oxidation sites excluding steroid dienone is 8. The van der Waals surface area contributed by atoms with Crippen molar-refractivity contribution in [3.05, 3.63) is 45.6 Å². The van der Waals surface area contributed by atoms with Crippen molar-refractivity contribution in [3.63, 3.8) is 0 Å². The summed E-state index contributed by atoms with van der Waals surface area (Å²) in [5.74, 6) is 0. The topological polar surface area (TPSA) is 0 Å². The summed E-state index contributed by atoms with van der Waals surface area (Å²) < 4.78 is 0. The largest absolute Gasteiger partial charge is 3.00 e. The Balaban J connectivity index is 0.000000364. The summed E-state index contributed by atoms with van der Waals surface area (Å²) in [6, 6.07) is 0. The quantitative estimate of drug-likeness (QED) is 0.415. The van der Waals surface area contributed by atoms with E-state index >= 15 is 0 Å². The van der Waals surface area contributed by atoms with Gasteiger partial charge in [-0.1, -0.05) is 66.2 Å². The zero-order chi connectivity index (χ0) is 15.9. The molecule has 0 unspecified atom stereocenters. The molecule has 0 aliphatic heterocycles. The molecule has 0 bridgehead atoms. The third-order valence-electron chi connectivity index (χ3n) is 5.12. The zero-order valence-corrected chi connectivity index (χ0v) is 19.3. The Bertz CT molecular complexity index is 484. The van der Waals surface area contributed by atoms with Gasteiger partial charge in [-0.15, -0.1) is 13.8 Å². The smallest absolute Gasteiger partial charge is 0.263 e. The minimum atomic E-state index is 0. The van der Waals surface area contributed by atoms with Crippen LogP contribution in [0.1, 0.15) is 69.2 Å². The predicted molar refractivity (Wildman–Crippen MR) is 89.2 cm³/mol. The second kappa shape index (κ2) is 7.26. The summed E-state index contributed by atoms with van der Waals surface area (Å²) in [5, 5.41) is 0. The molecule has 0 aromatic carbocycles. The number of hydrogen-bond acceptors (Lipinski definition) is 0. The van der Waals surface area contributed by atoms with Crippen molar-refractivity contribution in [1.82, 2.24) is 0 Å². The van der Waals surface area contributed by atoms with Crippen LogP contribution in [0.4, 0.5) is 0 Å². The van der Waals surface area contributed by atoms with Crippen LogP contribution < -0.4 is 0 Å². The fourth-order valence-corrected chi connectivity index (χ4v) is 2.81. The van der Waals surface area contributed by atoms with Crippen LogP contribution in [0.5, 0.6) is 0 Å². The molecular formula is C20H30Pr+. The number of rotatable bonds is 0. The van der Waals surface area contributed by atoms with Gasteiger partial charge in [0.2, 0.25) is 0 Å². The standard InChI is InChI=1S/2C10H15.Pr/c2*1-7-6-10(4,5)9(3)8(7)2;/h2*1-5H3;/q2*-1;+3. The van der Waals surface area contributed by atoms with E-state index in [1.54, 1.807) is 0 Å². The van der Waals surface area contributed by atoms with Crippen molar-refractivity contribution in [2.45, 2.75) is 69.2 Å². The van der Waals surface area contributed by atoms with Gasteiger partial charge in [0.05, 0.1) is 0 Å². The number of hydrogen-bond donors (Lipinski definition) is 0. The van der Waals surface area contributed by atoms with Gasteiger partial charge in [0.1, 0.15) is 0 Å². The Morgan fingerprint density at radius 2 is 0.810 bits per heavy atom. The molecule has 112 valence electrons. The van der Waals surface area contributed by atoms with E-state index in [2.05, 4.69) is 81.4 Å². The maximum atomic E-state index is 3.44. The Hall–Kier alpha value is 0.324. The van der Waals surface area contributed by atoms with Crippen LogP contribution in [0, 0.1) is 64.3 Å². The third kappa shape index (κ3) is 4.65. The molecule has 2 aliphatic carbocycles. The van der Waals surface area contributed by atoms with Crippen LogP contribution in [0.25, 0.3) is 0 Å². The fraction of sp³-hybridized carbons (Fsp3) is 0.600. The summed E-state index contributed by atoms with van der Waals surface area (Å²) in [7, 11) is 0. The Morgan fingerprint density at radius 3 is 0.857 bits per heavy atom. The first-order valence-electron chi connectivity index (χ1n) is 7.50. The SMILES string of the molecule is CC1=[C-]C(C)(C)C(C)=C1C.CC1=[C-]C(C)(C)C(C)=C1C.[Pr+3]. The van der Waals surface area contributed by atoms with E-state index in [4.69, 9.17) is 0 Å². The molecule has 0 amide bonds. The van der Waals surface area contributed by atoms with Crippen molar-refractivity contribution < 1.29 is 41.3 Å². The second-order valence-electron chi connectivity index (χ2n) is 7.25. The van der Waals surface area contributed by atoms with E-state index in [-0.39, 0.29) is 52.1 Å². The van der Waals surface area contributed by atoms with E-state index in [1.807, 2.05) is 0 Å². The molecule has 0 aromatic rings. The van der Waals surface area contributed by atoms with Crippen molar-refractivity contribution in [2.75, 3.05) is 0 Å². The summed E-state index contributed by atoms with van der Waals surface area (Å²) in [6.45, 7) is 21.8. The molecule has 0 N–H and O–H groups in total. The third-order valence-corrected chi connectivity index (χ3v) is 5.12. The maximum absolute atomic E-state index is 3.44. The average molecular weight is 411 g/mol. The van der Waals surface area contributed by atoms with E-state index in [1.165, 1.54) is 33.4 Å². The van der Waals surface area contributed by atoms with Gasteiger partial charge in [-0.2, -0.15) is 22.3 Å². The molecule has 0 nitrogen and oxygen atoms in total. The van der Waals surface area contributed by atoms with Crippen molar-refractivity contribution in [2.24, 2.45) is 10.8 Å². The van der Waals surface area contributed by atoms with Gasteiger partial charge in [0.15, 0.2) is 0 Å². The minimum Gasteiger partial charge on any atom is -0.263 e. The zero-order valence-electron chi connectivity index (χ0n) is 15.6. The van der Waals surface area contributed by atoms with E-state index in [0.29, 0.717) is 0 Å². The average Bonchev–Trinajstić information content (AvgIpc) is 2.60. The molecule has 0 saturated carbocycles. The summed E-state index contributed by atoms with van der Waals surface area (Å²) in [4.78, 5) is 0. The Labute approximate surface area is 165 Å². The van der Waals surface area contributed by atoms with Gasteiger partial charge in [0.25, 0.3) is 0 Å². The monoisotopic (exact) mass is 411 g/mol. The Morgan fingerprint density at radius 1 is 0.571 bits per heavy atom. The van der Waals surface area contributed by atoms with Crippen LogP contribution >= 0.6 is 0 Å². The van der Waals surface area contributed by atoms with Crippen molar-refractivity contribution >= 4 is 0 Å². The predicted octanol–water partition coefficient (Wildman–Crippen LogP) is 6.22. The summed E-state index contributed by atoms with van der Waals surface area (Å²) >= 11 is 0. The van der Waals surface area contributed by atoms with Gasteiger partial charge in [-0.3, -0.25) is 12.2 Å². The second-order valence-corrected chi connectivity index (χ2v) is 7.25. The maximum Gasteiger partial charge on any atom is 3.00 e. The molecule has 21 heavy (non-hydrogen) atoms. The molecule has 2 aliphatic rings. The van der Waals surface area contributed by atoms with E-state index in [0.717, 1.165) is 0 Å². The van der Waals surface area contributed by atoms with E-state index in [9.17, 15) is 0 Å². The van der Waals surface area contributed by atoms with Gasteiger partial charge in [-0.25, -0.2) is 11.1 Å². The molecule has 2 rings (SSSR count). The van der Waals surface area contributed by atoms with Crippen LogP contribution in [0.15, 0.2) is 33.4 Å². The molecule has 0 atom stereocenters. The molecule has 1 heteroatoms. The van der Waals surface area contributed by atoms with Gasteiger partial charge in [-0.05, 0) is 0 Å². The first-order chi connectivity index (χ1) is 8.90. The molecule has 0 aromatic heterocycles. The minimum absolute atomic E-state index is 0. The van der Waals surface area contributed by atoms with Gasteiger partial charge < -0.3 is 0 Å². The van der Waals surface area contributed by atoms with Crippen molar-refractivity contribution in [3.8, 4) is 0 Å². The molecule has 0 fully saturated rings. The molecule has 0 saturated heterocycles. The van der Waals surface area contributed by atoms with Gasteiger partial charge >= 0.3 is 41.3 Å². The molecule has 0 spiro atoms. The first kappa shape index (κ1) is 21.3. The van der Waals surface area contributed by atoms with Crippen LogP contribution in [0.2, 0.25) is 0 Å². The van der Waals surface area contributed by atoms with Crippen LogP contribution in [-0.2, 0) is 0 Å². The fourth-order valence-electron chi connectivity index (χ4n) is 2.81.